The van der Waals surface area contributed by atoms with E-state index in [1.165, 1.54) is 0 Å². The van der Waals surface area contributed by atoms with Crippen LogP contribution in [0.2, 0.25) is 0 Å². The Bertz CT molecular complexity index is 1470. The maximum Gasteiger partial charge on any atom is 0.330 e. The highest BCUT2D eigenvalue weighted by Gasteiger charge is 2.23. The first-order valence-electron chi connectivity index (χ1n) is 12.5. The van der Waals surface area contributed by atoms with Crippen LogP contribution in [0.1, 0.15) is 37.0 Å². The molecule has 0 atom stereocenters. The summed E-state index contributed by atoms with van der Waals surface area (Å²) in [6.07, 6.45) is 1.80. The number of piperazine rings is 1. The zero-order valence-corrected chi connectivity index (χ0v) is 21.0. The highest BCUT2D eigenvalue weighted by molar-refractivity contribution is 5.70. The summed E-state index contributed by atoms with van der Waals surface area (Å²) in [6.45, 7) is 9.27. The number of aromatic amines is 1. The lowest BCUT2D eigenvalue weighted by molar-refractivity contribution is 0.110. The fourth-order valence-electron chi connectivity index (χ4n) is 4.71. The molecule has 1 aliphatic rings. The van der Waals surface area contributed by atoms with Gasteiger partial charge >= 0.3 is 5.69 Å². The number of aromatic nitrogens is 6. The van der Waals surface area contributed by atoms with Crippen molar-refractivity contribution in [3.8, 4) is 11.4 Å². The van der Waals surface area contributed by atoms with Gasteiger partial charge in [-0.2, -0.15) is 4.98 Å². The molecule has 0 saturated carbocycles. The fraction of sp³-hybridized carbons (Fsp3) is 0.480. The van der Waals surface area contributed by atoms with Crippen LogP contribution in [0.25, 0.3) is 22.6 Å². The third kappa shape index (κ3) is 4.76. The smallest absolute Gasteiger partial charge is 0.330 e. The van der Waals surface area contributed by atoms with Crippen LogP contribution in [0, 0.1) is 6.92 Å². The molecular formula is C25H32N8O3. The number of aryl methyl sites for hydroxylation is 3. The van der Waals surface area contributed by atoms with Gasteiger partial charge < -0.3 is 9.09 Å². The number of unbranched alkanes of at least 4 members (excludes halogenated alkanes) is 1. The van der Waals surface area contributed by atoms with Gasteiger partial charge in [-0.15, -0.1) is 0 Å². The monoisotopic (exact) mass is 492 g/mol. The number of benzene rings is 1. The molecule has 4 aromatic rings. The van der Waals surface area contributed by atoms with Crippen LogP contribution in [0.3, 0.4) is 0 Å². The molecule has 4 heterocycles. The summed E-state index contributed by atoms with van der Waals surface area (Å²) in [6, 6.07) is 8.01. The molecule has 1 fully saturated rings. The second kappa shape index (κ2) is 10.2. The van der Waals surface area contributed by atoms with Crippen molar-refractivity contribution in [2.24, 2.45) is 7.05 Å². The van der Waals surface area contributed by atoms with E-state index in [-0.39, 0.29) is 0 Å². The second-order valence-corrected chi connectivity index (χ2v) is 9.40. The Hall–Kier alpha value is -3.57. The van der Waals surface area contributed by atoms with Gasteiger partial charge in [-0.25, -0.2) is 9.78 Å². The number of imidazole rings is 1. The number of hydrogen-bond acceptors (Lipinski definition) is 8. The summed E-state index contributed by atoms with van der Waals surface area (Å²) >= 11 is 0. The van der Waals surface area contributed by atoms with E-state index in [2.05, 4.69) is 31.8 Å². The largest absolute Gasteiger partial charge is 0.338 e. The Morgan fingerprint density at radius 1 is 1.03 bits per heavy atom. The Morgan fingerprint density at radius 2 is 1.75 bits per heavy atom. The average Bonchev–Trinajstić information content (AvgIpc) is 3.45. The molecule has 1 N–H and O–H groups in total. The Labute approximate surface area is 208 Å². The minimum absolute atomic E-state index is 0.390. The number of hydrogen-bond donors (Lipinski definition) is 1. The molecular weight excluding hydrogens is 460 g/mol. The van der Waals surface area contributed by atoms with Crippen LogP contribution in [0.15, 0.2) is 38.4 Å². The van der Waals surface area contributed by atoms with Crippen molar-refractivity contribution in [1.29, 1.82) is 0 Å². The van der Waals surface area contributed by atoms with Gasteiger partial charge in [0.25, 0.3) is 5.56 Å². The highest BCUT2D eigenvalue weighted by atomic mass is 16.5. The van der Waals surface area contributed by atoms with Crippen LogP contribution < -0.4 is 11.2 Å². The van der Waals surface area contributed by atoms with Crippen molar-refractivity contribution < 1.29 is 4.52 Å². The molecule has 0 unspecified atom stereocenters. The van der Waals surface area contributed by atoms with Gasteiger partial charge in [0.2, 0.25) is 11.7 Å². The van der Waals surface area contributed by atoms with Crippen LogP contribution in [0.4, 0.5) is 0 Å². The topological polar surface area (TPSA) is 118 Å². The summed E-state index contributed by atoms with van der Waals surface area (Å²) in [5, 5.41) is 4.17. The first-order chi connectivity index (χ1) is 17.4. The average molecular weight is 493 g/mol. The molecule has 0 spiro atoms. The Morgan fingerprint density at radius 3 is 2.47 bits per heavy atom. The molecule has 1 aromatic carbocycles. The van der Waals surface area contributed by atoms with Crippen LogP contribution in [-0.4, -0.2) is 65.2 Å². The van der Waals surface area contributed by atoms with Gasteiger partial charge in [-0.3, -0.25) is 24.1 Å². The zero-order chi connectivity index (χ0) is 25.2. The molecule has 36 heavy (non-hydrogen) atoms. The summed E-state index contributed by atoms with van der Waals surface area (Å²) in [5.74, 6) is 2.01. The first-order valence-corrected chi connectivity index (χ1v) is 12.5. The van der Waals surface area contributed by atoms with Crippen LogP contribution in [-0.2, 0) is 26.7 Å². The van der Waals surface area contributed by atoms with Gasteiger partial charge in [0.15, 0.2) is 11.2 Å². The van der Waals surface area contributed by atoms with Crippen molar-refractivity contribution in [3.05, 3.63) is 62.4 Å². The zero-order valence-electron chi connectivity index (χ0n) is 21.0. The maximum atomic E-state index is 12.5. The van der Waals surface area contributed by atoms with Crippen molar-refractivity contribution >= 4 is 11.2 Å². The third-order valence-corrected chi connectivity index (χ3v) is 6.88. The SMILES string of the molecule is CCCCn1c(=O)[nH]c(=O)c2c1nc(CN1CCN(Cc3nc(-c4ccccc4C)no3)CC1)n2C. The van der Waals surface area contributed by atoms with Gasteiger partial charge in [0.05, 0.1) is 13.1 Å². The summed E-state index contributed by atoms with van der Waals surface area (Å²) in [7, 11) is 1.84. The molecule has 11 heteroatoms. The van der Waals surface area contributed by atoms with E-state index in [1.807, 2.05) is 42.8 Å². The lowest BCUT2D eigenvalue weighted by atomic mass is 10.1. The molecule has 5 rings (SSSR count). The van der Waals surface area contributed by atoms with Gasteiger partial charge in [-0.1, -0.05) is 42.8 Å². The lowest BCUT2D eigenvalue weighted by Gasteiger charge is -2.33. The first kappa shape index (κ1) is 24.1. The molecule has 3 aromatic heterocycles. The van der Waals surface area contributed by atoms with Gasteiger partial charge in [-0.05, 0) is 18.9 Å². The van der Waals surface area contributed by atoms with Gasteiger partial charge in [0.1, 0.15) is 5.82 Å². The lowest BCUT2D eigenvalue weighted by Crippen LogP contribution is -2.45. The van der Waals surface area contributed by atoms with Crippen molar-refractivity contribution in [1.82, 2.24) is 39.0 Å². The molecule has 1 saturated heterocycles. The fourth-order valence-corrected chi connectivity index (χ4v) is 4.71. The van der Waals surface area contributed by atoms with E-state index in [9.17, 15) is 9.59 Å². The molecule has 190 valence electrons. The molecule has 0 aliphatic carbocycles. The van der Waals surface area contributed by atoms with E-state index < -0.39 is 11.2 Å². The van der Waals surface area contributed by atoms with Crippen LogP contribution >= 0.6 is 0 Å². The molecule has 0 amide bonds. The van der Waals surface area contributed by atoms with Crippen molar-refractivity contribution in [2.75, 3.05) is 26.2 Å². The highest BCUT2D eigenvalue weighted by Crippen LogP contribution is 2.20. The number of H-pyrrole nitrogens is 1. The summed E-state index contributed by atoms with van der Waals surface area (Å²) < 4.78 is 8.91. The van der Waals surface area contributed by atoms with Crippen molar-refractivity contribution in [3.63, 3.8) is 0 Å². The summed E-state index contributed by atoms with van der Waals surface area (Å²) in [5.41, 5.74) is 2.22. The second-order valence-electron chi connectivity index (χ2n) is 9.40. The predicted octanol–water partition coefficient (Wildman–Crippen LogP) is 1.90. The normalized spacial score (nSPS) is 15.2. The molecule has 1 aliphatic heterocycles. The van der Waals surface area contributed by atoms with E-state index in [0.29, 0.717) is 42.5 Å². The molecule has 11 nitrogen and oxygen atoms in total. The Balaban J connectivity index is 1.24. The van der Waals surface area contributed by atoms with E-state index in [1.54, 1.807) is 4.57 Å². The van der Waals surface area contributed by atoms with Crippen molar-refractivity contribution in [2.45, 2.75) is 46.3 Å². The summed E-state index contributed by atoms with van der Waals surface area (Å²) in [4.78, 5) is 41.3. The number of nitrogens with zero attached hydrogens (tertiary/aromatic N) is 7. The third-order valence-electron chi connectivity index (χ3n) is 6.88. The van der Waals surface area contributed by atoms with E-state index in [4.69, 9.17) is 9.51 Å². The maximum absolute atomic E-state index is 12.5. The Kier molecular flexibility index (Phi) is 6.84. The predicted molar refractivity (Wildman–Crippen MR) is 136 cm³/mol. The molecule has 0 bridgehead atoms. The number of rotatable bonds is 8. The van der Waals surface area contributed by atoms with E-state index >= 15 is 0 Å². The van der Waals surface area contributed by atoms with Crippen LogP contribution in [0.5, 0.6) is 0 Å². The molecule has 0 radical (unpaired) electrons. The quantitative estimate of drug-likeness (QED) is 0.396. The number of nitrogens with one attached hydrogen (secondary N) is 1. The van der Waals surface area contributed by atoms with E-state index in [0.717, 1.165) is 56.0 Å². The minimum atomic E-state index is -0.397. The number of fused-ring (bicyclic) bond motifs is 1. The standard InChI is InChI=1S/C25H32N8O3/c1-4-5-10-33-23-21(24(34)28-25(33)35)30(3)19(26-23)15-31-11-13-32(14-12-31)16-20-27-22(29-36-20)18-9-7-6-8-17(18)2/h6-9H,4-5,10-16H2,1-3H3,(H,28,34,35). The van der Waals surface area contributed by atoms with Gasteiger partial charge in [0, 0.05) is 45.3 Å². The minimum Gasteiger partial charge on any atom is -0.338 e.